The van der Waals surface area contributed by atoms with Crippen molar-refractivity contribution in [2.24, 2.45) is 0 Å². The van der Waals surface area contributed by atoms with Gasteiger partial charge < -0.3 is 9.16 Å². The van der Waals surface area contributed by atoms with E-state index in [0.717, 1.165) is 12.2 Å². The fourth-order valence-electron chi connectivity index (χ4n) is 1.73. The third-order valence-corrected chi connectivity index (χ3v) is 3.34. The van der Waals surface area contributed by atoms with Crippen LogP contribution in [0.3, 0.4) is 0 Å². The topological polar surface area (TPSA) is 18.5 Å². The van der Waals surface area contributed by atoms with Crippen LogP contribution < -0.4 is 4.74 Å². The molecule has 19 heavy (non-hydrogen) atoms. The number of hydrogen-bond donors (Lipinski definition) is 0. The van der Waals surface area contributed by atoms with Crippen molar-refractivity contribution in [1.29, 1.82) is 0 Å². The monoisotopic (exact) mass is 278 g/mol. The largest absolute Gasteiger partial charge is 0.520 e. The Morgan fingerprint density at radius 1 is 1.21 bits per heavy atom. The van der Waals surface area contributed by atoms with Crippen LogP contribution in [-0.4, -0.2) is 8.32 Å². The second-order valence-corrected chi connectivity index (χ2v) is 10.4. The first kappa shape index (κ1) is 15.8. The standard InChI is InChI=1S/C16H26O2Si/c1-7-10-16(18-19(4,5)6)17-15-12-9-8-11-14(15)13(2)3/h8-13H,7H2,1-6H3/b16-10+. The predicted octanol–water partition coefficient (Wildman–Crippen LogP) is 5.29. The predicted molar refractivity (Wildman–Crippen MR) is 84.0 cm³/mol. The third kappa shape index (κ3) is 5.51. The Bertz CT molecular complexity index is 431. The minimum atomic E-state index is -1.65. The van der Waals surface area contributed by atoms with Crippen molar-refractivity contribution in [1.82, 2.24) is 0 Å². The summed E-state index contributed by atoms with van der Waals surface area (Å²) in [6, 6.07) is 8.16. The molecule has 2 nitrogen and oxygen atoms in total. The highest BCUT2D eigenvalue weighted by Gasteiger charge is 2.19. The molecule has 1 aromatic rings. The van der Waals surface area contributed by atoms with Crippen LogP contribution in [0.4, 0.5) is 0 Å². The number of hydrogen-bond acceptors (Lipinski definition) is 2. The van der Waals surface area contributed by atoms with Gasteiger partial charge in [-0.15, -0.1) is 0 Å². The van der Waals surface area contributed by atoms with Gasteiger partial charge in [0, 0.05) is 0 Å². The lowest BCUT2D eigenvalue weighted by Gasteiger charge is -2.23. The molecule has 0 fully saturated rings. The van der Waals surface area contributed by atoms with E-state index in [1.807, 2.05) is 24.3 Å². The van der Waals surface area contributed by atoms with Gasteiger partial charge in [-0.1, -0.05) is 39.0 Å². The minimum Gasteiger partial charge on any atom is -0.520 e. The van der Waals surface area contributed by atoms with E-state index in [4.69, 9.17) is 9.16 Å². The molecule has 0 aliphatic carbocycles. The van der Waals surface area contributed by atoms with Crippen LogP contribution in [0.15, 0.2) is 36.3 Å². The number of allylic oxidation sites excluding steroid dienone is 1. The van der Waals surface area contributed by atoms with E-state index in [1.165, 1.54) is 5.56 Å². The fraction of sp³-hybridized carbons (Fsp3) is 0.500. The van der Waals surface area contributed by atoms with E-state index < -0.39 is 8.32 Å². The molecular weight excluding hydrogens is 252 g/mol. The molecule has 0 radical (unpaired) electrons. The van der Waals surface area contributed by atoms with Crippen molar-refractivity contribution in [2.45, 2.75) is 52.8 Å². The van der Waals surface area contributed by atoms with E-state index in [9.17, 15) is 0 Å². The van der Waals surface area contributed by atoms with Crippen molar-refractivity contribution >= 4 is 8.32 Å². The maximum atomic E-state index is 6.00. The van der Waals surface area contributed by atoms with Gasteiger partial charge in [0.15, 0.2) is 0 Å². The maximum Gasteiger partial charge on any atom is 0.266 e. The van der Waals surface area contributed by atoms with Gasteiger partial charge in [0.1, 0.15) is 5.75 Å². The lowest BCUT2D eigenvalue weighted by molar-refractivity contribution is 0.217. The first-order valence-corrected chi connectivity index (χ1v) is 10.4. The second kappa shape index (κ2) is 6.80. The maximum absolute atomic E-state index is 6.00. The van der Waals surface area contributed by atoms with Crippen molar-refractivity contribution in [2.75, 3.05) is 0 Å². The summed E-state index contributed by atoms with van der Waals surface area (Å²) in [6.07, 6.45) is 2.92. The van der Waals surface area contributed by atoms with Gasteiger partial charge in [0.2, 0.25) is 8.32 Å². The Morgan fingerprint density at radius 2 is 1.84 bits per heavy atom. The number of benzene rings is 1. The average molecular weight is 278 g/mol. The van der Waals surface area contributed by atoms with Crippen LogP contribution in [0.2, 0.25) is 19.6 Å². The molecule has 0 amide bonds. The number of rotatable bonds is 6. The summed E-state index contributed by atoms with van der Waals surface area (Å²) in [5.74, 6) is 1.98. The molecule has 0 aliphatic heterocycles. The normalized spacial score (nSPS) is 12.7. The molecule has 106 valence electrons. The van der Waals surface area contributed by atoms with Gasteiger partial charge in [-0.2, -0.15) is 0 Å². The van der Waals surface area contributed by atoms with Crippen molar-refractivity contribution in [3.05, 3.63) is 41.9 Å². The minimum absolute atomic E-state index is 0.436. The van der Waals surface area contributed by atoms with E-state index in [1.54, 1.807) is 0 Å². The van der Waals surface area contributed by atoms with Crippen molar-refractivity contribution in [3.8, 4) is 5.75 Å². The van der Waals surface area contributed by atoms with Gasteiger partial charge in [-0.25, -0.2) is 0 Å². The summed E-state index contributed by atoms with van der Waals surface area (Å²) in [7, 11) is -1.65. The lowest BCUT2D eigenvalue weighted by atomic mass is 10.0. The molecule has 0 spiro atoms. The highest BCUT2D eigenvalue weighted by atomic mass is 28.4. The molecule has 0 heterocycles. The summed E-state index contributed by atoms with van der Waals surface area (Å²) in [6.45, 7) is 12.9. The van der Waals surface area contributed by atoms with Crippen LogP contribution in [0, 0.1) is 0 Å². The summed E-state index contributed by atoms with van der Waals surface area (Å²) in [5, 5.41) is 0. The first-order chi connectivity index (χ1) is 8.83. The molecule has 1 rings (SSSR count). The van der Waals surface area contributed by atoms with E-state index in [0.29, 0.717) is 11.9 Å². The molecule has 0 aromatic heterocycles. The van der Waals surface area contributed by atoms with Gasteiger partial charge >= 0.3 is 0 Å². The number of ether oxygens (including phenoxy) is 1. The second-order valence-electron chi connectivity index (χ2n) is 5.94. The van der Waals surface area contributed by atoms with Gasteiger partial charge in [0.05, 0.1) is 0 Å². The molecule has 0 bridgehead atoms. The molecule has 0 saturated carbocycles. The zero-order valence-electron chi connectivity index (χ0n) is 13.0. The Labute approximate surface area is 118 Å². The van der Waals surface area contributed by atoms with Gasteiger partial charge in [-0.05, 0) is 49.7 Å². The van der Waals surface area contributed by atoms with Crippen molar-refractivity contribution in [3.63, 3.8) is 0 Å². The third-order valence-electron chi connectivity index (χ3n) is 2.53. The summed E-state index contributed by atoms with van der Waals surface area (Å²) >= 11 is 0. The Balaban J connectivity index is 2.95. The Morgan fingerprint density at radius 3 is 2.37 bits per heavy atom. The van der Waals surface area contributed by atoms with E-state index in [-0.39, 0.29) is 0 Å². The quantitative estimate of drug-likeness (QED) is 0.520. The average Bonchev–Trinajstić information content (AvgIpc) is 2.27. The Hall–Kier alpha value is -1.22. The molecule has 1 aromatic carbocycles. The van der Waals surface area contributed by atoms with Gasteiger partial charge in [0.25, 0.3) is 5.95 Å². The molecular formula is C16H26O2Si. The van der Waals surface area contributed by atoms with Gasteiger partial charge in [-0.3, -0.25) is 0 Å². The van der Waals surface area contributed by atoms with Crippen LogP contribution in [0.25, 0.3) is 0 Å². The molecule has 3 heteroatoms. The van der Waals surface area contributed by atoms with E-state index >= 15 is 0 Å². The molecule has 0 atom stereocenters. The summed E-state index contributed by atoms with van der Waals surface area (Å²) in [4.78, 5) is 0. The van der Waals surface area contributed by atoms with Crippen LogP contribution in [-0.2, 0) is 4.43 Å². The zero-order valence-corrected chi connectivity index (χ0v) is 14.0. The van der Waals surface area contributed by atoms with Crippen LogP contribution >= 0.6 is 0 Å². The highest BCUT2D eigenvalue weighted by molar-refractivity contribution is 6.70. The molecule has 0 aliphatic rings. The summed E-state index contributed by atoms with van der Waals surface area (Å²) in [5.41, 5.74) is 1.21. The van der Waals surface area contributed by atoms with Crippen LogP contribution in [0.1, 0.15) is 38.7 Å². The Kier molecular flexibility index (Phi) is 5.67. The fourth-order valence-corrected chi connectivity index (χ4v) is 2.46. The molecule has 0 unspecified atom stereocenters. The van der Waals surface area contributed by atoms with E-state index in [2.05, 4.69) is 46.5 Å². The smallest absolute Gasteiger partial charge is 0.266 e. The van der Waals surface area contributed by atoms with Crippen molar-refractivity contribution < 1.29 is 9.16 Å². The lowest BCUT2D eigenvalue weighted by Crippen LogP contribution is -2.26. The zero-order chi connectivity index (χ0) is 14.5. The molecule has 0 saturated heterocycles. The highest BCUT2D eigenvalue weighted by Crippen LogP contribution is 2.28. The van der Waals surface area contributed by atoms with Crippen LogP contribution in [0.5, 0.6) is 5.75 Å². The number of para-hydroxylation sites is 1. The molecule has 0 N–H and O–H groups in total. The first-order valence-electron chi connectivity index (χ1n) is 6.99. The summed E-state index contributed by atoms with van der Waals surface area (Å²) < 4.78 is 12.0. The SMILES string of the molecule is CC/C=C(\Oc1ccccc1C(C)C)O[Si](C)(C)C.